The molecule has 2 rings (SSSR count). The number of amides is 1. The summed E-state index contributed by atoms with van der Waals surface area (Å²) in [6.07, 6.45) is -0.313. The van der Waals surface area contributed by atoms with E-state index in [9.17, 15) is 14.3 Å². The quantitative estimate of drug-likeness (QED) is 0.865. The van der Waals surface area contributed by atoms with Gasteiger partial charge in [-0.25, -0.2) is 9.18 Å². The van der Waals surface area contributed by atoms with E-state index in [2.05, 4.69) is 0 Å². The Labute approximate surface area is 111 Å². The third-order valence-corrected chi connectivity index (χ3v) is 3.58. The number of halogens is 1. The molecule has 19 heavy (non-hydrogen) atoms. The van der Waals surface area contributed by atoms with Crippen molar-refractivity contribution in [3.63, 3.8) is 0 Å². The molecule has 1 heterocycles. The highest BCUT2D eigenvalue weighted by Crippen LogP contribution is 2.30. The van der Waals surface area contributed by atoms with E-state index in [1.165, 1.54) is 17.0 Å². The zero-order valence-electron chi connectivity index (χ0n) is 10.8. The number of nitrogens with zero attached hydrogens (tertiary/aromatic N) is 1. The number of aliphatic hydroxyl groups is 1. The highest BCUT2D eigenvalue weighted by molar-refractivity contribution is 5.65. The summed E-state index contributed by atoms with van der Waals surface area (Å²) in [6.45, 7) is 2.57. The van der Waals surface area contributed by atoms with Gasteiger partial charge in [0.1, 0.15) is 5.82 Å². The number of likely N-dealkylation sites (tertiary alicyclic amines) is 1. The molecule has 1 saturated heterocycles. The second kappa shape index (κ2) is 5.57. The normalized spacial score (nSPS) is 21.2. The summed E-state index contributed by atoms with van der Waals surface area (Å²) < 4.78 is 13.3. The van der Waals surface area contributed by atoms with Gasteiger partial charge < -0.3 is 15.1 Å². The van der Waals surface area contributed by atoms with Crippen molar-refractivity contribution in [3.05, 3.63) is 35.1 Å². The van der Waals surface area contributed by atoms with Gasteiger partial charge in [0.15, 0.2) is 0 Å². The van der Waals surface area contributed by atoms with Gasteiger partial charge in [-0.2, -0.15) is 0 Å². The number of carbonyl (C=O) groups is 1. The molecule has 1 aliphatic heterocycles. The Kier molecular flexibility index (Phi) is 4.04. The molecular formula is C14H18FNO3. The lowest BCUT2D eigenvalue weighted by atomic mass is 9.88. The number of hydrogen-bond acceptors (Lipinski definition) is 2. The number of rotatable bonds is 2. The van der Waals surface area contributed by atoms with Crippen LogP contribution in [0.1, 0.15) is 30.1 Å². The molecule has 1 fully saturated rings. The monoisotopic (exact) mass is 267 g/mol. The van der Waals surface area contributed by atoms with Crippen molar-refractivity contribution >= 4 is 6.09 Å². The van der Waals surface area contributed by atoms with Gasteiger partial charge in [-0.15, -0.1) is 0 Å². The first-order valence-electron chi connectivity index (χ1n) is 6.40. The van der Waals surface area contributed by atoms with E-state index < -0.39 is 12.2 Å². The minimum Gasteiger partial charge on any atom is -0.465 e. The molecule has 2 N–H and O–H groups in total. The van der Waals surface area contributed by atoms with Gasteiger partial charge in [-0.05, 0) is 43.0 Å². The van der Waals surface area contributed by atoms with Gasteiger partial charge >= 0.3 is 6.09 Å². The summed E-state index contributed by atoms with van der Waals surface area (Å²) in [5, 5.41) is 19.3. The van der Waals surface area contributed by atoms with E-state index in [-0.39, 0.29) is 11.7 Å². The fourth-order valence-electron chi connectivity index (χ4n) is 2.65. The van der Waals surface area contributed by atoms with Crippen molar-refractivity contribution in [1.82, 2.24) is 4.90 Å². The van der Waals surface area contributed by atoms with Crippen LogP contribution in [0.3, 0.4) is 0 Å². The van der Waals surface area contributed by atoms with Crippen LogP contribution in [0, 0.1) is 18.7 Å². The van der Waals surface area contributed by atoms with Crippen molar-refractivity contribution in [3.8, 4) is 0 Å². The van der Waals surface area contributed by atoms with Crippen molar-refractivity contribution in [2.24, 2.45) is 5.92 Å². The maximum absolute atomic E-state index is 13.3. The largest absolute Gasteiger partial charge is 0.465 e. The number of aryl methyl sites for hydroxylation is 1. The van der Waals surface area contributed by atoms with E-state index in [1.54, 1.807) is 13.0 Å². The van der Waals surface area contributed by atoms with Crippen LogP contribution in [0.2, 0.25) is 0 Å². The first-order chi connectivity index (χ1) is 8.97. The van der Waals surface area contributed by atoms with Crippen molar-refractivity contribution < 1.29 is 19.4 Å². The van der Waals surface area contributed by atoms with Crippen molar-refractivity contribution in [2.75, 3.05) is 13.1 Å². The molecule has 1 aromatic carbocycles. The Hall–Kier alpha value is -1.62. The lowest BCUT2D eigenvalue weighted by Gasteiger charge is -2.33. The van der Waals surface area contributed by atoms with Crippen molar-refractivity contribution in [2.45, 2.75) is 25.9 Å². The SMILES string of the molecule is Cc1cc(F)cc(C(O)C2CCCN(C(=O)O)C2)c1. The second-order valence-corrected chi connectivity index (χ2v) is 5.14. The minimum atomic E-state index is -0.965. The number of benzene rings is 1. The Morgan fingerprint density at radius 3 is 2.84 bits per heavy atom. The Balaban J connectivity index is 2.14. The molecule has 0 radical (unpaired) electrons. The van der Waals surface area contributed by atoms with Crippen LogP contribution in [0.25, 0.3) is 0 Å². The first-order valence-corrected chi connectivity index (χ1v) is 6.40. The van der Waals surface area contributed by atoms with Crippen molar-refractivity contribution in [1.29, 1.82) is 0 Å². The van der Waals surface area contributed by atoms with Crippen LogP contribution in [0.15, 0.2) is 18.2 Å². The topological polar surface area (TPSA) is 60.8 Å². The summed E-state index contributed by atoms with van der Waals surface area (Å²) >= 11 is 0. The average molecular weight is 267 g/mol. The molecule has 0 spiro atoms. The maximum Gasteiger partial charge on any atom is 0.407 e. The van der Waals surface area contributed by atoms with Crippen LogP contribution in [-0.4, -0.2) is 34.3 Å². The third-order valence-electron chi connectivity index (χ3n) is 3.58. The van der Waals surface area contributed by atoms with Gasteiger partial charge in [0, 0.05) is 19.0 Å². The summed E-state index contributed by atoms with van der Waals surface area (Å²) in [7, 11) is 0. The first kappa shape index (κ1) is 13.8. The molecule has 0 saturated carbocycles. The molecular weight excluding hydrogens is 249 g/mol. The number of hydrogen-bond donors (Lipinski definition) is 2. The van der Waals surface area contributed by atoms with Crippen LogP contribution < -0.4 is 0 Å². The summed E-state index contributed by atoms with van der Waals surface area (Å²) in [5.41, 5.74) is 1.27. The van der Waals surface area contributed by atoms with Gasteiger partial charge in [-0.3, -0.25) is 0 Å². The van der Waals surface area contributed by atoms with E-state index in [0.717, 1.165) is 18.4 Å². The molecule has 1 aromatic rings. The third kappa shape index (κ3) is 3.23. The molecule has 1 aliphatic rings. The Morgan fingerprint density at radius 1 is 1.47 bits per heavy atom. The fourth-order valence-corrected chi connectivity index (χ4v) is 2.65. The number of carboxylic acid groups (broad SMARTS) is 1. The lowest BCUT2D eigenvalue weighted by molar-refractivity contribution is 0.0501. The molecule has 5 heteroatoms. The van der Waals surface area contributed by atoms with Crippen LogP contribution in [-0.2, 0) is 0 Å². The standard InChI is InChI=1S/C14H18FNO3/c1-9-5-11(7-12(15)6-9)13(17)10-3-2-4-16(8-10)14(18)19/h5-7,10,13,17H,2-4,8H2,1H3,(H,18,19). The summed E-state index contributed by atoms with van der Waals surface area (Å²) in [4.78, 5) is 12.3. The summed E-state index contributed by atoms with van der Waals surface area (Å²) in [5.74, 6) is -0.550. The zero-order chi connectivity index (χ0) is 14.0. The predicted octanol–water partition coefficient (Wildman–Crippen LogP) is 2.56. The highest BCUT2D eigenvalue weighted by Gasteiger charge is 2.29. The van der Waals surface area contributed by atoms with Gasteiger partial charge in [0.25, 0.3) is 0 Å². The Morgan fingerprint density at radius 2 is 2.21 bits per heavy atom. The lowest BCUT2D eigenvalue weighted by Crippen LogP contribution is -2.40. The highest BCUT2D eigenvalue weighted by atomic mass is 19.1. The molecule has 2 unspecified atom stereocenters. The smallest absolute Gasteiger partial charge is 0.407 e. The molecule has 104 valence electrons. The molecule has 4 nitrogen and oxygen atoms in total. The van der Waals surface area contributed by atoms with Gasteiger partial charge in [0.2, 0.25) is 0 Å². The minimum absolute atomic E-state index is 0.175. The molecule has 0 bridgehead atoms. The molecule has 0 aliphatic carbocycles. The van der Waals surface area contributed by atoms with E-state index in [1.807, 2.05) is 0 Å². The van der Waals surface area contributed by atoms with Crippen LogP contribution >= 0.6 is 0 Å². The summed E-state index contributed by atoms with van der Waals surface area (Å²) in [6, 6.07) is 4.46. The number of aliphatic hydroxyl groups excluding tert-OH is 1. The Bertz CT molecular complexity index is 458. The zero-order valence-corrected chi connectivity index (χ0v) is 10.8. The fraction of sp³-hybridized carbons (Fsp3) is 0.500. The molecule has 2 atom stereocenters. The molecule has 0 aromatic heterocycles. The average Bonchev–Trinajstić information content (AvgIpc) is 2.37. The maximum atomic E-state index is 13.3. The van der Waals surface area contributed by atoms with E-state index >= 15 is 0 Å². The van der Waals surface area contributed by atoms with E-state index in [4.69, 9.17) is 5.11 Å². The van der Waals surface area contributed by atoms with Gasteiger partial charge in [0.05, 0.1) is 6.10 Å². The van der Waals surface area contributed by atoms with Crippen LogP contribution in [0.4, 0.5) is 9.18 Å². The number of piperidine rings is 1. The van der Waals surface area contributed by atoms with Gasteiger partial charge in [-0.1, -0.05) is 6.07 Å². The molecule has 1 amide bonds. The predicted molar refractivity (Wildman–Crippen MR) is 68.4 cm³/mol. The van der Waals surface area contributed by atoms with Crippen LogP contribution in [0.5, 0.6) is 0 Å². The second-order valence-electron chi connectivity index (χ2n) is 5.14. The van der Waals surface area contributed by atoms with E-state index in [0.29, 0.717) is 18.7 Å².